The smallest absolute Gasteiger partial charge is 0.338 e. The molecule has 0 radical (unpaired) electrons. The number of benzene rings is 1. The molecule has 1 aromatic carbocycles. The van der Waals surface area contributed by atoms with Crippen LogP contribution in [0.3, 0.4) is 0 Å². The van der Waals surface area contributed by atoms with E-state index in [2.05, 4.69) is 0 Å². The Bertz CT molecular complexity index is 1000. The van der Waals surface area contributed by atoms with Gasteiger partial charge in [0.15, 0.2) is 18.4 Å². The molecule has 1 aromatic rings. The lowest BCUT2D eigenvalue weighted by Crippen LogP contribution is -2.81. The van der Waals surface area contributed by atoms with Crippen LogP contribution in [0.4, 0.5) is 0 Å². The van der Waals surface area contributed by atoms with E-state index in [4.69, 9.17) is 28.4 Å². The van der Waals surface area contributed by atoms with Crippen molar-refractivity contribution in [2.75, 3.05) is 20.3 Å². The molecule has 6 bridgehead atoms. The number of hydrogen-bond acceptors (Lipinski definition) is 11. The molecular weight excluding hydrogens is 464 g/mol. The third-order valence-electron chi connectivity index (χ3n) is 8.89. The summed E-state index contributed by atoms with van der Waals surface area (Å²) in [4.78, 5) is 12.8. The highest BCUT2D eigenvalue weighted by atomic mass is 16.8. The molecule has 0 spiro atoms. The van der Waals surface area contributed by atoms with Gasteiger partial charge in [0.25, 0.3) is 0 Å². The zero-order chi connectivity index (χ0) is 24.8. The summed E-state index contributed by atoms with van der Waals surface area (Å²) in [5.41, 5.74) is -2.62. The second-order valence-electron chi connectivity index (χ2n) is 10.4. The Morgan fingerprint density at radius 1 is 1.11 bits per heavy atom. The van der Waals surface area contributed by atoms with E-state index in [0.29, 0.717) is 18.4 Å². The number of methoxy groups -OCH3 is 1. The summed E-state index contributed by atoms with van der Waals surface area (Å²) < 4.78 is 36.3. The Morgan fingerprint density at radius 3 is 2.54 bits per heavy atom. The molecular formula is C24H30O11. The van der Waals surface area contributed by atoms with Crippen molar-refractivity contribution in [2.24, 2.45) is 11.3 Å². The summed E-state index contributed by atoms with van der Waals surface area (Å²) in [6.45, 7) is 1.19. The molecule has 4 saturated heterocycles. The van der Waals surface area contributed by atoms with E-state index in [0.717, 1.165) is 0 Å². The second-order valence-corrected chi connectivity index (χ2v) is 10.4. The minimum atomic E-state index is -1.59. The first-order valence-electron chi connectivity index (χ1n) is 11.8. The molecule has 7 aliphatic rings. The van der Waals surface area contributed by atoms with Gasteiger partial charge in [0, 0.05) is 19.4 Å². The Hall–Kier alpha value is -1.67. The van der Waals surface area contributed by atoms with Crippen molar-refractivity contribution in [1.82, 2.24) is 0 Å². The SMILES string of the molecule is CO[C@]12C[C@]3(C)O[C@H](O1)[C@]1(COC(=O)c4ccccc4)[C@@H]2C[C@]13O[C@@H]1O[C@H](CO)[C@@H](O)[C@H](O)[C@H]1O. The summed E-state index contributed by atoms with van der Waals surface area (Å²) >= 11 is 0. The van der Waals surface area contributed by atoms with Crippen LogP contribution >= 0.6 is 0 Å². The van der Waals surface area contributed by atoms with E-state index in [1.54, 1.807) is 37.4 Å². The van der Waals surface area contributed by atoms with Gasteiger partial charge >= 0.3 is 5.97 Å². The van der Waals surface area contributed by atoms with Crippen LogP contribution < -0.4 is 0 Å². The van der Waals surface area contributed by atoms with Gasteiger partial charge in [0.2, 0.25) is 0 Å². The lowest BCUT2D eigenvalue weighted by molar-refractivity contribution is -0.427. The monoisotopic (exact) mass is 494 g/mol. The average molecular weight is 494 g/mol. The van der Waals surface area contributed by atoms with Crippen molar-refractivity contribution in [3.8, 4) is 0 Å². The molecule has 11 nitrogen and oxygen atoms in total. The van der Waals surface area contributed by atoms with E-state index < -0.39 is 72.0 Å². The van der Waals surface area contributed by atoms with Crippen molar-refractivity contribution < 1.29 is 53.6 Å². The van der Waals surface area contributed by atoms with Crippen molar-refractivity contribution in [3.63, 3.8) is 0 Å². The molecule has 0 unspecified atom stereocenters. The second kappa shape index (κ2) is 7.67. The van der Waals surface area contributed by atoms with E-state index in [-0.39, 0.29) is 12.5 Å². The first-order chi connectivity index (χ1) is 16.7. The van der Waals surface area contributed by atoms with E-state index >= 15 is 0 Å². The van der Waals surface area contributed by atoms with Gasteiger partial charge in [-0.1, -0.05) is 18.2 Å². The zero-order valence-corrected chi connectivity index (χ0v) is 19.4. The molecule has 35 heavy (non-hydrogen) atoms. The van der Waals surface area contributed by atoms with Crippen LogP contribution in [0, 0.1) is 11.3 Å². The van der Waals surface area contributed by atoms with Crippen molar-refractivity contribution >= 4 is 5.97 Å². The number of hydrogen-bond donors (Lipinski definition) is 4. The molecule has 11 heteroatoms. The molecule has 192 valence electrons. The number of aliphatic hydroxyl groups is 4. The third-order valence-corrected chi connectivity index (χ3v) is 8.89. The number of carbonyl (C=O) groups is 1. The molecule has 8 rings (SSSR count). The highest BCUT2D eigenvalue weighted by Gasteiger charge is 2.95. The van der Waals surface area contributed by atoms with Crippen molar-refractivity contribution in [3.05, 3.63) is 35.9 Å². The van der Waals surface area contributed by atoms with Gasteiger partial charge in [0.1, 0.15) is 42.2 Å². The van der Waals surface area contributed by atoms with Crippen LogP contribution in [0.5, 0.6) is 0 Å². The Morgan fingerprint density at radius 2 is 1.86 bits per heavy atom. The van der Waals surface area contributed by atoms with Crippen LogP contribution in [-0.4, -0.2) is 101 Å². The minimum Gasteiger partial charge on any atom is -0.461 e. The molecule has 0 aromatic heterocycles. The Balaban J connectivity index is 1.33. The first-order valence-corrected chi connectivity index (χ1v) is 11.8. The minimum absolute atomic E-state index is 0.0891. The quantitative estimate of drug-likeness (QED) is 0.356. The number of aliphatic hydroxyl groups excluding tert-OH is 4. The average Bonchev–Trinajstić information content (AvgIpc) is 3.07. The lowest BCUT2D eigenvalue weighted by atomic mass is 9.41. The summed E-state index contributed by atoms with van der Waals surface area (Å²) in [5, 5.41) is 40.7. The fourth-order valence-electron chi connectivity index (χ4n) is 7.11. The van der Waals surface area contributed by atoms with Gasteiger partial charge in [-0.2, -0.15) is 0 Å². The first kappa shape index (κ1) is 23.7. The van der Waals surface area contributed by atoms with E-state index in [1.807, 2.05) is 6.92 Å². The van der Waals surface area contributed by atoms with Gasteiger partial charge in [0.05, 0.1) is 17.6 Å². The fourth-order valence-corrected chi connectivity index (χ4v) is 7.11. The van der Waals surface area contributed by atoms with Crippen molar-refractivity contribution in [2.45, 2.75) is 73.8 Å². The topological polar surface area (TPSA) is 153 Å². The van der Waals surface area contributed by atoms with E-state index in [9.17, 15) is 25.2 Å². The van der Waals surface area contributed by atoms with E-state index in [1.165, 1.54) is 0 Å². The number of esters is 1. The van der Waals surface area contributed by atoms with Gasteiger partial charge in [-0.05, 0) is 25.5 Å². The summed E-state index contributed by atoms with van der Waals surface area (Å²) in [5.74, 6) is -1.67. The van der Waals surface area contributed by atoms with Crippen LogP contribution in [0.15, 0.2) is 30.3 Å². The molecule has 0 amide bonds. The molecule has 11 atom stereocenters. The van der Waals surface area contributed by atoms with Gasteiger partial charge in [-0.3, -0.25) is 0 Å². The van der Waals surface area contributed by atoms with Crippen LogP contribution in [0.25, 0.3) is 0 Å². The number of rotatable bonds is 7. The van der Waals surface area contributed by atoms with Crippen molar-refractivity contribution in [1.29, 1.82) is 0 Å². The maximum atomic E-state index is 12.8. The summed E-state index contributed by atoms with van der Waals surface area (Å²) in [7, 11) is 1.57. The highest BCUT2D eigenvalue weighted by Crippen LogP contribution is 2.82. The normalized spacial score (nSPS) is 51.3. The molecule has 4 N–H and O–H groups in total. The molecule has 3 saturated carbocycles. The molecule has 3 aliphatic carbocycles. The largest absolute Gasteiger partial charge is 0.461 e. The lowest BCUT2D eigenvalue weighted by Gasteiger charge is -2.68. The van der Waals surface area contributed by atoms with Gasteiger partial charge < -0.3 is 48.8 Å². The number of ether oxygens (including phenoxy) is 6. The Labute approximate surface area is 201 Å². The fraction of sp³-hybridized carbons (Fsp3) is 0.708. The molecule has 4 heterocycles. The number of carbonyl (C=O) groups excluding carboxylic acids is 1. The molecule has 4 aliphatic heterocycles. The standard InChI is InChI=1S/C24H30O11/c1-21-10-23(30-2)14-8-24(21,33-19-17(28)16(27)15(26)13(9-25)32-19)22(14,20(34-21)35-23)11-31-18(29)12-6-4-3-5-7-12/h3-7,13-17,19-20,25-28H,8-11H2,1-2H3/t13-,14+,15-,16+,17-,19+,20-,21+,22+,23-,24-/m1/s1. The maximum absolute atomic E-state index is 12.8. The van der Waals surface area contributed by atoms with Gasteiger partial charge in [-0.25, -0.2) is 4.79 Å². The van der Waals surface area contributed by atoms with Crippen LogP contribution in [0.1, 0.15) is 30.1 Å². The summed E-state index contributed by atoms with van der Waals surface area (Å²) in [6, 6.07) is 8.60. The third kappa shape index (κ3) is 2.79. The Kier molecular flexibility index (Phi) is 5.20. The van der Waals surface area contributed by atoms with Gasteiger partial charge in [-0.15, -0.1) is 0 Å². The van der Waals surface area contributed by atoms with Crippen LogP contribution in [-0.2, 0) is 28.4 Å². The maximum Gasteiger partial charge on any atom is 0.338 e. The zero-order valence-electron chi connectivity index (χ0n) is 19.4. The molecule has 7 fully saturated rings. The highest BCUT2D eigenvalue weighted by molar-refractivity contribution is 5.89. The summed E-state index contributed by atoms with van der Waals surface area (Å²) in [6.07, 6.45) is -7.22. The predicted molar refractivity (Wildman–Crippen MR) is 114 cm³/mol. The predicted octanol–water partition coefficient (Wildman–Crippen LogP) is -0.703. The van der Waals surface area contributed by atoms with Crippen LogP contribution in [0.2, 0.25) is 0 Å².